The number of carbonyl (C=O) groups is 2. The molecule has 2 aromatic carbocycles. The summed E-state index contributed by atoms with van der Waals surface area (Å²) in [5, 5.41) is 10.8. The number of hydrogen-bond acceptors (Lipinski definition) is 4. The van der Waals surface area contributed by atoms with Gasteiger partial charge in [-0.2, -0.15) is 0 Å². The second-order valence-corrected chi connectivity index (χ2v) is 7.25. The van der Waals surface area contributed by atoms with E-state index in [1.54, 1.807) is 41.9 Å². The second kappa shape index (κ2) is 5.82. The first-order valence-electron chi connectivity index (χ1n) is 7.59. The summed E-state index contributed by atoms with van der Waals surface area (Å²) < 4.78 is 2.56. The lowest BCUT2D eigenvalue weighted by atomic mass is 10.1. The minimum atomic E-state index is -1.04. The minimum absolute atomic E-state index is 0.168. The van der Waals surface area contributed by atoms with Crippen molar-refractivity contribution in [1.82, 2.24) is 9.55 Å². The van der Waals surface area contributed by atoms with Crippen LogP contribution in [0.15, 0.2) is 36.4 Å². The largest absolute Gasteiger partial charge is 0.477 e. The van der Waals surface area contributed by atoms with E-state index in [0.29, 0.717) is 32.9 Å². The van der Waals surface area contributed by atoms with Gasteiger partial charge in [0.1, 0.15) is 10.7 Å². The third-order valence-electron chi connectivity index (χ3n) is 4.25. The van der Waals surface area contributed by atoms with Crippen molar-refractivity contribution >= 4 is 55.9 Å². The summed E-state index contributed by atoms with van der Waals surface area (Å²) in [5.74, 6) is -1.12. The van der Waals surface area contributed by atoms with Crippen LogP contribution in [-0.2, 0) is 7.05 Å². The predicted octanol–water partition coefficient (Wildman–Crippen LogP) is 3.91. The lowest BCUT2D eigenvalue weighted by Gasteiger charge is -2.04. The molecule has 0 atom stereocenters. The van der Waals surface area contributed by atoms with Gasteiger partial charge in [0.2, 0.25) is 5.91 Å². The van der Waals surface area contributed by atoms with Gasteiger partial charge in [-0.05, 0) is 30.3 Å². The van der Waals surface area contributed by atoms with Crippen molar-refractivity contribution in [2.75, 3.05) is 0 Å². The lowest BCUT2D eigenvalue weighted by molar-refractivity contribution is 0.0702. The monoisotopic (exact) mass is 385 g/mol. The molecule has 4 aromatic rings. The average Bonchev–Trinajstić information content (AvgIpc) is 3.13. The Morgan fingerprint density at radius 1 is 1.27 bits per heavy atom. The highest BCUT2D eigenvalue weighted by atomic mass is 35.5. The maximum absolute atomic E-state index is 11.8. The molecule has 1 amide bonds. The topological polar surface area (TPSA) is 98.2 Å². The van der Waals surface area contributed by atoms with Crippen LogP contribution in [0.5, 0.6) is 0 Å². The number of aromatic nitrogens is 2. The fraction of sp³-hybridized carbons (Fsp3) is 0.0556. The van der Waals surface area contributed by atoms with Crippen LogP contribution in [0.1, 0.15) is 20.0 Å². The molecule has 8 heteroatoms. The Hall–Kier alpha value is -2.90. The van der Waals surface area contributed by atoms with E-state index < -0.39 is 11.9 Å². The fourth-order valence-electron chi connectivity index (χ4n) is 3.05. The molecule has 6 nitrogen and oxygen atoms in total. The van der Waals surface area contributed by atoms with E-state index >= 15 is 0 Å². The summed E-state index contributed by atoms with van der Waals surface area (Å²) in [6.07, 6.45) is 0. The number of halogens is 1. The van der Waals surface area contributed by atoms with Crippen LogP contribution in [-0.4, -0.2) is 26.5 Å². The number of hydrogen-bond donors (Lipinski definition) is 2. The molecular weight excluding hydrogens is 374 g/mol. The molecule has 2 aromatic heterocycles. The number of rotatable bonds is 3. The Kier molecular flexibility index (Phi) is 3.71. The van der Waals surface area contributed by atoms with Gasteiger partial charge in [0.05, 0.1) is 21.6 Å². The summed E-state index contributed by atoms with van der Waals surface area (Å²) >= 11 is 7.52. The SMILES string of the molecule is Cn1c(-c2c(C(=O)O)sc3cccc(Cl)c23)nc2cc(C(N)=O)ccc21. The zero-order chi connectivity index (χ0) is 18.6. The van der Waals surface area contributed by atoms with Crippen molar-refractivity contribution in [3.8, 4) is 11.4 Å². The molecule has 0 unspecified atom stereocenters. The number of aromatic carboxylic acids is 1. The Labute approximate surface area is 156 Å². The van der Waals surface area contributed by atoms with Gasteiger partial charge in [-0.15, -0.1) is 11.3 Å². The van der Waals surface area contributed by atoms with Crippen LogP contribution in [0.2, 0.25) is 5.02 Å². The Balaban J connectivity index is 2.10. The highest BCUT2D eigenvalue weighted by molar-refractivity contribution is 7.21. The Bertz CT molecular complexity index is 1230. The van der Waals surface area contributed by atoms with Gasteiger partial charge in [-0.25, -0.2) is 9.78 Å². The van der Waals surface area contributed by atoms with Gasteiger partial charge in [0.15, 0.2) is 0 Å². The number of primary amides is 1. The van der Waals surface area contributed by atoms with Crippen LogP contribution in [0.4, 0.5) is 0 Å². The number of carboxylic acid groups (broad SMARTS) is 1. The van der Waals surface area contributed by atoms with Gasteiger partial charge < -0.3 is 15.4 Å². The minimum Gasteiger partial charge on any atom is -0.477 e. The standard InChI is InChI=1S/C18H12ClN3O3S/c1-22-11-6-5-8(16(20)23)7-10(11)21-17(22)14-13-9(19)3-2-4-12(13)26-15(14)18(24)25/h2-7H,1H3,(H2,20,23)(H,24,25). The predicted molar refractivity (Wildman–Crippen MR) is 102 cm³/mol. The van der Waals surface area contributed by atoms with Crippen LogP contribution in [0.25, 0.3) is 32.5 Å². The number of nitrogens with two attached hydrogens (primary N) is 1. The van der Waals surface area contributed by atoms with E-state index in [9.17, 15) is 14.7 Å². The van der Waals surface area contributed by atoms with Crippen LogP contribution in [0.3, 0.4) is 0 Å². The average molecular weight is 386 g/mol. The molecule has 0 radical (unpaired) electrons. The zero-order valence-corrected chi connectivity index (χ0v) is 15.1. The van der Waals surface area contributed by atoms with Crippen molar-refractivity contribution in [1.29, 1.82) is 0 Å². The molecule has 0 aliphatic heterocycles. The van der Waals surface area contributed by atoms with Crippen molar-refractivity contribution < 1.29 is 14.7 Å². The fourth-order valence-corrected chi connectivity index (χ4v) is 4.44. The van der Waals surface area contributed by atoms with Gasteiger partial charge >= 0.3 is 5.97 Å². The van der Waals surface area contributed by atoms with Gasteiger partial charge in [-0.1, -0.05) is 17.7 Å². The molecule has 0 saturated carbocycles. The van der Waals surface area contributed by atoms with E-state index in [4.69, 9.17) is 17.3 Å². The van der Waals surface area contributed by atoms with Crippen molar-refractivity contribution in [3.05, 3.63) is 51.9 Å². The smallest absolute Gasteiger partial charge is 0.346 e. The molecule has 4 rings (SSSR count). The number of thiophene rings is 1. The Morgan fingerprint density at radius 2 is 2.04 bits per heavy atom. The number of fused-ring (bicyclic) bond motifs is 2. The third kappa shape index (κ3) is 2.36. The second-order valence-electron chi connectivity index (χ2n) is 5.79. The number of imidazole rings is 1. The number of carbonyl (C=O) groups excluding carboxylic acids is 1. The molecular formula is C18H12ClN3O3S. The Morgan fingerprint density at radius 3 is 2.73 bits per heavy atom. The van der Waals surface area contributed by atoms with E-state index in [1.165, 1.54) is 0 Å². The van der Waals surface area contributed by atoms with Crippen LogP contribution < -0.4 is 5.73 Å². The quantitative estimate of drug-likeness (QED) is 0.558. The van der Waals surface area contributed by atoms with Gasteiger partial charge in [0, 0.05) is 22.7 Å². The summed E-state index contributed by atoms with van der Waals surface area (Å²) in [5.41, 5.74) is 7.47. The number of carboxylic acids is 1. The normalized spacial score (nSPS) is 11.3. The lowest BCUT2D eigenvalue weighted by Crippen LogP contribution is -2.10. The maximum atomic E-state index is 11.8. The van der Waals surface area contributed by atoms with Crippen LogP contribution in [0, 0.1) is 0 Å². The molecule has 2 heterocycles. The van der Waals surface area contributed by atoms with Crippen molar-refractivity contribution in [2.45, 2.75) is 0 Å². The summed E-state index contributed by atoms with van der Waals surface area (Å²) in [6.45, 7) is 0. The van der Waals surface area contributed by atoms with E-state index in [-0.39, 0.29) is 4.88 Å². The molecule has 0 aliphatic carbocycles. The summed E-state index contributed by atoms with van der Waals surface area (Å²) in [7, 11) is 1.79. The van der Waals surface area contributed by atoms with E-state index in [0.717, 1.165) is 21.6 Å². The van der Waals surface area contributed by atoms with Gasteiger partial charge in [0.25, 0.3) is 0 Å². The number of nitrogens with zero attached hydrogens (tertiary/aromatic N) is 2. The zero-order valence-electron chi connectivity index (χ0n) is 13.5. The van der Waals surface area contributed by atoms with Gasteiger partial charge in [-0.3, -0.25) is 4.79 Å². The summed E-state index contributed by atoms with van der Waals surface area (Å²) in [6, 6.07) is 10.3. The van der Waals surface area contributed by atoms with E-state index in [2.05, 4.69) is 4.98 Å². The highest BCUT2D eigenvalue weighted by Gasteiger charge is 2.25. The first kappa shape index (κ1) is 16.6. The molecule has 0 spiro atoms. The number of benzene rings is 2. The number of amides is 1. The van der Waals surface area contributed by atoms with Crippen molar-refractivity contribution in [3.63, 3.8) is 0 Å². The molecule has 0 bridgehead atoms. The maximum Gasteiger partial charge on any atom is 0.346 e. The highest BCUT2D eigenvalue weighted by Crippen LogP contribution is 2.42. The molecule has 0 saturated heterocycles. The molecule has 3 N–H and O–H groups in total. The first-order valence-corrected chi connectivity index (χ1v) is 8.79. The first-order chi connectivity index (χ1) is 12.4. The summed E-state index contributed by atoms with van der Waals surface area (Å²) in [4.78, 5) is 28.0. The molecule has 0 fully saturated rings. The van der Waals surface area contributed by atoms with Crippen molar-refractivity contribution in [2.24, 2.45) is 12.8 Å². The molecule has 130 valence electrons. The van der Waals surface area contributed by atoms with Crippen LogP contribution >= 0.6 is 22.9 Å². The third-order valence-corrected chi connectivity index (χ3v) is 5.71. The van der Waals surface area contributed by atoms with E-state index in [1.807, 2.05) is 6.07 Å². The molecule has 0 aliphatic rings. The molecule has 26 heavy (non-hydrogen) atoms. The number of aryl methyl sites for hydroxylation is 1.